The summed E-state index contributed by atoms with van der Waals surface area (Å²) in [6.45, 7) is 1.79. The van der Waals surface area contributed by atoms with Gasteiger partial charge in [-0.05, 0) is 13.2 Å². The molecule has 0 saturated heterocycles. The van der Waals surface area contributed by atoms with Crippen molar-refractivity contribution >= 4 is 11.8 Å². The van der Waals surface area contributed by atoms with Crippen LogP contribution in [0.4, 0.5) is 0 Å². The third-order valence-electron chi connectivity index (χ3n) is 1.63. The average molecular weight is 192 g/mol. The van der Waals surface area contributed by atoms with E-state index in [1.807, 2.05) is 18.4 Å². The fraction of sp³-hybridized carbons (Fsp3) is 0.375. The summed E-state index contributed by atoms with van der Waals surface area (Å²) in [6.07, 6.45) is 1.94. The molecule has 0 atom stereocenters. The lowest BCUT2D eigenvalue weighted by Gasteiger charge is -2.01. The van der Waals surface area contributed by atoms with E-state index in [2.05, 4.69) is 4.98 Å². The number of thioether (sulfide) groups is 1. The van der Waals surface area contributed by atoms with E-state index in [0.717, 1.165) is 0 Å². The van der Waals surface area contributed by atoms with E-state index in [9.17, 15) is 0 Å². The van der Waals surface area contributed by atoms with Crippen molar-refractivity contribution in [2.24, 2.45) is 0 Å². The minimum Gasteiger partial charge on any atom is -0.309 e. The summed E-state index contributed by atoms with van der Waals surface area (Å²) < 4.78 is 1.74. The van der Waals surface area contributed by atoms with Crippen molar-refractivity contribution in [3.8, 4) is 12.1 Å². The van der Waals surface area contributed by atoms with Crippen LogP contribution in [0.2, 0.25) is 0 Å². The summed E-state index contributed by atoms with van der Waals surface area (Å²) in [5.74, 6) is 1.37. The molecule has 1 heterocycles. The van der Waals surface area contributed by atoms with Gasteiger partial charge in [0.1, 0.15) is 18.0 Å². The van der Waals surface area contributed by atoms with Crippen LogP contribution in [0, 0.1) is 29.6 Å². The summed E-state index contributed by atoms with van der Waals surface area (Å²) in [4.78, 5) is 3.98. The van der Waals surface area contributed by atoms with E-state index in [-0.39, 0.29) is 5.69 Å². The Balaban J connectivity index is 3.27. The Bertz CT molecular complexity index is 394. The Labute approximate surface area is 80.8 Å². The molecule has 0 fully saturated rings. The molecule has 1 rings (SSSR count). The topological polar surface area (TPSA) is 65.4 Å². The monoisotopic (exact) mass is 192 g/mol. The first-order valence-electron chi connectivity index (χ1n) is 3.60. The van der Waals surface area contributed by atoms with E-state index in [4.69, 9.17) is 10.5 Å². The highest BCUT2D eigenvalue weighted by molar-refractivity contribution is 7.97. The van der Waals surface area contributed by atoms with Crippen molar-refractivity contribution in [3.63, 3.8) is 0 Å². The maximum absolute atomic E-state index is 8.80. The van der Waals surface area contributed by atoms with Gasteiger partial charge in [-0.1, -0.05) is 0 Å². The fourth-order valence-corrected chi connectivity index (χ4v) is 1.62. The molecule has 1 aromatic heterocycles. The molecule has 13 heavy (non-hydrogen) atoms. The Hall–Kier alpha value is -1.46. The minimum atomic E-state index is 0.217. The van der Waals surface area contributed by atoms with Gasteiger partial charge >= 0.3 is 0 Å². The van der Waals surface area contributed by atoms with Gasteiger partial charge in [0.15, 0.2) is 11.4 Å². The molecule has 0 saturated carbocycles. The van der Waals surface area contributed by atoms with Gasteiger partial charge in [0.05, 0.1) is 5.88 Å². The van der Waals surface area contributed by atoms with E-state index in [1.165, 1.54) is 0 Å². The third-order valence-corrected chi connectivity index (χ3v) is 2.14. The van der Waals surface area contributed by atoms with Crippen LogP contribution in [0.25, 0.3) is 0 Å². The molecule has 0 unspecified atom stereocenters. The van der Waals surface area contributed by atoms with Crippen LogP contribution < -0.4 is 0 Å². The first-order chi connectivity index (χ1) is 6.24. The molecule has 0 aromatic carbocycles. The number of nitrogens with zero attached hydrogens (tertiary/aromatic N) is 4. The minimum absolute atomic E-state index is 0.217. The summed E-state index contributed by atoms with van der Waals surface area (Å²) in [5.41, 5.74) is 0.573. The summed E-state index contributed by atoms with van der Waals surface area (Å²) in [7, 11) is 0. The summed E-state index contributed by atoms with van der Waals surface area (Å²) >= 11 is 1.58. The molecule has 0 N–H and O–H groups in total. The van der Waals surface area contributed by atoms with Gasteiger partial charge in [0.25, 0.3) is 0 Å². The molecule has 66 valence electrons. The van der Waals surface area contributed by atoms with Gasteiger partial charge in [-0.3, -0.25) is 0 Å². The molecular weight excluding hydrogens is 184 g/mol. The predicted molar refractivity (Wildman–Crippen MR) is 49.9 cm³/mol. The number of hydrogen-bond donors (Lipinski definition) is 0. The highest BCUT2D eigenvalue weighted by Gasteiger charge is 2.12. The standard InChI is InChI=1S/C8H8N4S/c1-6-11-7(3-9)8(4-10)12(6)5-13-2/h5H2,1-2H3. The lowest BCUT2D eigenvalue weighted by atomic mass is 10.4. The van der Waals surface area contributed by atoms with Crippen molar-refractivity contribution in [1.29, 1.82) is 10.5 Å². The van der Waals surface area contributed by atoms with Crippen LogP contribution in [0.5, 0.6) is 0 Å². The molecule has 0 bridgehead atoms. The normalized spacial score (nSPS) is 9.23. The predicted octanol–water partition coefficient (Wildman–Crippen LogP) is 1.26. The molecule has 0 aliphatic heterocycles. The fourth-order valence-electron chi connectivity index (χ4n) is 1.04. The zero-order valence-electron chi connectivity index (χ0n) is 7.40. The highest BCUT2D eigenvalue weighted by atomic mass is 32.2. The van der Waals surface area contributed by atoms with Crippen LogP contribution in [0.1, 0.15) is 17.2 Å². The Morgan fingerprint density at radius 3 is 2.62 bits per heavy atom. The maximum Gasteiger partial charge on any atom is 0.177 e. The smallest absolute Gasteiger partial charge is 0.177 e. The summed E-state index contributed by atoms with van der Waals surface area (Å²) in [6, 6.07) is 3.89. The van der Waals surface area contributed by atoms with E-state index >= 15 is 0 Å². The van der Waals surface area contributed by atoms with Crippen LogP contribution in [-0.4, -0.2) is 15.8 Å². The third kappa shape index (κ3) is 1.66. The van der Waals surface area contributed by atoms with Crippen LogP contribution in [0.3, 0.4) is 0 Å². The second-order valence-corrected chi connectivity index (χ2v) is 3.26. The molecule has 0 aliphatic carbocycles. The molecule has 0 spiro atoms. The van der Waals surface area contributed by atoms with Crippen molar-refractivity contribution in [2.75, 3.05) is 6.26 Å². The Morgan fingerprint density at radius 1 is 1.46 bits per heavy atom. The van der Waals surface area contributed by atoms with Crippen molar-refractivity contribution < 1.29 is 0 Å². The van der Waals surface area contributed by atoms with Gasteiger partial charge in [0, 0.05) is 0 Å². The molecule has 4 nitrogen and oxygen atoms in total. The van der Waals surface area contributed by atoms with Gasteiger partial charge in [-0.25, -0.2) is 4.98 Å². The summed E-state index contributed by atoms with van der Waals surface area (Å²) in [5, 5.41) is 17.5. The van der Waals surface area contributed by atoms with Crippen LogP contribution in [0.15, 0.2) is 0 Å². The van der Waals surface area contributed by atoms with E-state index in [1.54, 1.807) is 23.3 Å². The van der Waals surface area contributed by atoms with Gasteiger partial charge < -0.3 is 4.57 Å². The second kappa shape index (κ2) is 3.97. The van der Waals surface area contributed by atoms with Crippen LogP contribution >= 0.6 is 11.8 Å². The number of aromatic nitrogens is 2. The molecule has 1 aromatic rings. The molecule has 0 aliphatic rings. The van der Waals surface area contributed by atoms with Gasteiger partial charge in [-0.15, -0.1) is 11.8 Å². The molecule has 0 radical (unpaired) electrons. The number of hydrogen-bond acceptors (Lipinski definition) is 4. The maximum atomic E-state index is 8.80. The Kier molecular flexibility index (Phi) is 2.94. The van der Waals surface area contributed by atoms with Crippen molar-refractivity contribution in [1.82, 2.24) is 9.55 Å². The zero-order valence-corrected chi connectivity index (χ0v) is 8.22. The average Bonchev–Trinajstić information content (AvgIpc) is 2.44. The first-order valence-corrected chi connectivity index (χ1v) is 5.00. The van der Waals surface area contributed by atoms with E-state index < -0.39 is 0 Å². The van der Waals surface area contributed by atoms with Crippen molar-refractivity contribution in [3.05, 3.63) is 17.2 Å². The van der Waals surface area contributed by atoms with Crippen LogP contribution in [-0.2, 0) is 5.88 Å². The quantitative estimate of drug-likeness (QED) is 0.707. The number of nitriles is 2. The number of imidazole rings is 1. The van der Waals surface area contributed by atoms with Gasteiger partial charge in [0.2, 0.25) is 0 Å². The Morgan fingerprint density at radius 2 is 2.15 bits per heavy atom. The first kappa shape index (κ1) is 9.63. The molecule has 0 amide bonds. The second-order valence-electron chi connectivity index (χ2n) is 2.43. The molecule has 5 heteroatoms. The zero-order chi connectivity index (χ0) is 9.84. The lowest BCUT2D eigenvalue weighted by molar-refractivity contribution is 0.827. The van der Waals surface area contributed by atoms with Gasteiger partial charge in [-0.2, -0.15) is 10.5 Å². The number of rotatable bonds is 2. The highest BCUT2D eigenvalue weighted by Crippen LogP contribution is 2.12. The van der Waals surface area contributed by atoms with Crippen molar-refractivity contribution in [2.45, 2.75) is 12.8 Å². The largest absolute Gasteiger partial charge is 0.309 e. The lowest BCUT2D eigenvalue weighted by Crippen LogP contribution is -2.00. The van der Waals surface area contributed by atoms with E-state index in [0.29, 0.717) is 17.4 Å². The number of aryl methyl sites for hydroxylation is 1. The SMILES string of the molecule is CSCn1c(C)nc(C#N)c1C#N. The molecular formula is C8H8N4S.